The number of aromatic nitrogens is 1. The van der Waals surface area contributed by atoms with E-state index in [1.165, 1.54) is 32.6 Å². The molecule has 4 aromatic carbocycles. The van der Waals surface area contributed by atoms with Gasteiger partial charge in [-0.2, -0.15) is 0 Å². The highest BCUT2D eigenvalue weighted by molar-refractivity contribution is 8.76. The third-order valence-electron chi connectivity index (χ3n) is 10.1. The highest BCUT2D eigenvalue weighted by Gasteiger charge is 2.37. The number of fused-ring (bicyclic) bond motifs is 6. The predicted molar refractivity (Wildman–Crippen MR) is 229 cm³/mol. The van der Waals surface area contributed by atoms with Gasteiger partial charge >= 0.3 is 13.9 Å². The van der Waals surface area contributed by atoms with E-state index in [9.17, 15) is 33.8 Å². The van der Waals surface area contributed by atoms with Crippen molar-refractivity contribution >= 4 is 109 Å². The molecule has 0 saturated heterocycles. The molecule has 0 bridgehead atoms. The maximum Gasteiger partial charge on any atom is 0.524 e. The van der Waals surface area contributed by atoms with E-state index < -0.39 is 13.9 Å². The molecule has 0 saturated carbocycles. The summed E-state index contributed by atoms with van der Waals surface area (Å²) in [7, 11) is -1.91. The summed E-state index contributed by atoms with van der Waals surface area (Å²) in [4.78, 5) is 68.9. The second-order valence-electron chi connectivity index (χ2n) is 13.9. The lowest BCUT2D eigenvalue weighted by Gasteiger charge is -2.26. The van der Waals surface area contributed by atoms with E-state index >= 15 is 0 Å². The Kier molecular flexibility index (Phi) is 12.6. The van der Waals surface area contributed by atoms with Gasteiger partial charge in [0.25, 0.3) is 0 Å². The van der Waals surface area contributed by atoms with Gasteiger partial charge in [-0.1, -0.05) is 72.3 Å². The smallest absolute Gasteiger partial charge is 0.465 e. The number of rotatable bonds is 14. The third kappa shape index (κ3) is 8.73. The van der Waals surface area contributed by atoms with Crippen LogP contribution < -0.4 is 19.2 Å². The summed E-state index contributed by atoms with van der Waals surface area (Å²) in [5, 5.41) is 14.0. The van der Waals surface area contributed by atoms with Crippen LogP contribution in [0.5, 0.6) is 5.75 Å². The maximum absolute atomic E-state index is 14.0. The Morgan fingerprint density at radius 2 is 1.40 bits per heavy atom. The topological polar surface area (TPSA) is 161 Å². The second kappa shape index (κ2) is 17.5. The zero-order valence-electron chi connectivity index (χ0n) is 30.7. The first kappa shape index (κ1) is 41.2. The van der Waals surface area contributed by atoms with Gasteiger partial charge in [-0.15, -0.1) is 23.2 Å². The van der Waals surface area contributed by atoms with Crippen LogP contribution in [-0.4, -0.2) is 74.4 Å². The molecule has 57 heavy (non-hydrogen) atoms. The third-order valence-corrected chi connectivity index (χ3v) is 14.1. The summed E-state index contributed by atoms with van der Waals surface area (Å²) in [6.45, 7) is 2.72. The molecule has 3 atom stereocenters. The molecule has 1 unspecified atom stereocenters. The van der Waals surface area contributed by atoms with Gasteiger partial charge in [0, 0.05) is 90.0 Å². The van der Waals surface area contributed by atoms with Gasteiger partial charge in [0.05, 0.1) is 11.4 Å². The summed E-state index contributed by atoms with van der Waals surface area (Å²) < 4.78 is 16.9. The standard InChI is InChI=1S/C40H39Cl2N4O8PS2/c1-24(56-57-35-13-6-7-16-43-35)21-46(40(49)50)31-17-32-38(29-11-4-2-9-27(29)31)25(19-41)22-44(32)36(47)14-8-15-37(48)45-23-26(20-42)39-30-12-5-3-10-28(30)34(18-33(39)45)54-55(51,52)53/h2-7,9-13,16-18,24-26H,8,14-15,19-23H2,1H3,(H,49,50)(H2,51,52,53)/t24?,25-,26-/m1/s1. The van der Waals surface area contributed by atoms with Crippen molar-refractivity contribution in [3.05, 3.63) is 96.2 Å². The minimum Gasteiger partial charge on any atom is -0.465 e. The van der Waals surface area contributed by atoms with Crippen molar-refractivity contribution in [3.63, 3.8) is 0 Å². The number of anilines is 3. The molecule has 298 valence electrons. The summed E-state index contributed by atoms with van der Waals surface area (Å²) in [5.74, 6) is -0.503. The molecule has 7 rings (SSSR count). The largest absolute Gasteiger partial charge is 0.524 e. The van der Waals surface area contributed by atoms with Crippen LogP contribution in [0.4, 0.5) is 21.9 Å². The Labute approximate surface area is 347 Å². The average molecular weight is 870 g/mol. The first-order chi connectivity index (χ1) is 27.4. The first-order valence-corrected chi connectivity index (χ1v) is 23.0. The number of nitrogens with zero attached hydrogens (tertiary/aromatic N) is 4. The zero-order chi connectivity index (χ0) is 40.4. The Morgan fingerprint density at radius 1 is 0.860 bits per heavy atom. The van der Waals surface area contributed by atoms with Gasteiger partial charge in [-0.05, 0) is 57.3 Å². The summed E-state index contributed by atoms with van der Waals surface area (Å²) in [6.07, 6.45) is 0.864. The monoisotopic (exact) mass is 868 g/mol. The van der Waals surface area contributed by atoms with E-state index in [2.05, 4.69) is 4.98 Å². The van der Waals surface area contributed by atoms with Gasteiger partial charge in [0.15, 0.2) is 0 Å². The summed E-state index contributed by atoms with van der Waals surface area (Å²) in [6, 6.07) is 23.5. The lowest BCUT2D eigenvalue weighted by atomic mass is 9.94. The normalized spacial score (nSPS) is 16.8. The van der Waals surface area contributed by atoms with Gasteiger partial charge in [-0.3, -0.25) is 24.3 Å². The number of pyridine rings is 1. The van der Waals surface area contributed by atoms with Crippen molar-refractivity contribution in [2.24, 2.45) is 0 Å². The van der Waals surface area contributed by atoms with E-state index in [-0.39, 0.29) is 78.8 Å². The quantitative estimate of drug-likeness (QED) is 0.0554. The maximum atomic E-state index is 14.0. The molecule has 3 amide bonds. The summed E-state index contributed by atoms with van der Waals surface area (Å²) >= 11 is 12.9. The predicted octanol–water partition coefficient (Wildman–Crippen LogP) is 9.38. The number of phosphoric ester groups is 1. The summed E-state index contributed by atoms with van der Waals surface area (Å²) in [5.41, 5.74) is 3.20. The van der Waals surface area contributed by atoms with Crippen LogP contribution in [0.1, 0.15) is 49.1 Å². The number of alkyl halides is 2. The highest BCUT2D eigenvalue weighted by Crippen LogP contribution is 2.50. The Bertz CT molecular complexity index is 2390. The number of hydrogen-bond donors (Lipinski definition) is 3. The Balaban J connectivity index is 1.11. The van der Waals surface area contributed by atoms with Crippen molar-refractivity contribution < 1.29 is 38.4 Å². The number of phosphoric acid groups is 1. The van der Waals surface area contributed by atoms with E-state index in [0.29, 0.717) is 34.4 Å². The van der Waals surface area contributed by atoms with Crippen molar-refractivity contribution in [2.75, 3.05) is 46.1 Å². The second-order valence-corrected chi connectivity index (χ2v) is 18.4. The van der Waals surface area contributed by atoms with Crippen LogP contribution in [0.15, 0.2) is 90.1 Å². The van der Waals surface area contributed by atoms with Crippen LogP contribution in [0, 0.1) is 0 Å². The molecule has 0 aliphatic carbocycles. The van der Waals surface area contributed by atoms with Crippen molar-refractivity contribution in [1.82, 2.24) is 4.98 Å². The van der Waals surface area contributed by atoms with Crippen LogP contribution in [0.3, 0.4) is 0 Å². The number of carboxylic acid groups (broad SMARTS) is 1. The minimum absolute atomic E-state index is 0.0170. The highest BCUT2D eigenvalue weighted by atomic mass is 35.5. The molecule has 3 heterocycles. The number of amides is 3. The fraction of sp³-hybridized carbons (Fsp3) is 0.300. The number of halogens is 2. The van der Waals surface area contributed by atoms with Gasteiger partial charge < -0.3 is 19.4 Å². The van der Waals surface area contributed by atoms with Crippen molar-refractivity contribution in [2.45, 2.75) is 48.3 Å². The average Bonchev–Trinajstić information content (AvgIpc) is 3.77. The van der Waals surface area contributed by atoms with Gasteiger partial charge in [0.2, 0.25) is 11.8 Å². The Hall–Kier alpha value is -4.01. The number of carbonyl (C=O) groups is 3. The van der Waals surface area contributed by atoms with Crippen LogP contribution >= 0.6 is 52.6 Å². The van der Waals surface area contributed by atoms with E-state index in [1.54, 1.807) is 40.3 Å². The molecule has 5 aromatic rings. The molecule has 3 N–H and O–H groups in total. The molecule has 0 fully saturated rings. The first-order valence-electron chi connectivity index (χ1n) is 18.2. The minimum atomic E-state index is -4.92. The van der Waals surface area contributed by atoms with Crippen LogP contribution in [-0.2, 0) is 14.2 Å². The SMILES string of the molecule is CC(CN(C(=O)O)c1cc2c(c3ccccc13)[C@H](CCl)CN2C(=O)CCCC(=O)N1C[C@@H](CCl)c2c1cc(OP(=O)(O)O)c1ccccc21)SSc1ccccn1. The molecule has 0 radical (unpaired) electrons. The number of hydrogen-bond acceptors (Lipinski definition) is 8. The van der Waals surface area contributed by atoms with Crippen molar-refractivity contribution in [1.29, 1.82) is 0 Å². The molecule has 12 nitrogen and oxygen atoms in total. The zero-order valence-corrected chi connectivity index (χ0v) is 34.7. The lowest BCUT2D eigenvalue weighted by molar-refractivity contribution is -0.119. The molecular weight excluding hydrogens is 830 g/mol. The molecular formula is C40H39Cl2N4O8PS2. The molecule has 2 aliphatic rings. The number of carbonyl (C=O) groups excluding carboxylic acids is 2. The molecule has 2 aliphatic heterocycles. The molecule has 0 spiro atoms. The van der Waals surface area contributed by atoms with Gasteiger partial charge in [-0.25, -0.2) is 14.3 Å². The molecule has 1 aromatic heterocycles. The van der Waals surface area contributed by atoms with Crippen LogP contribution in [0.2, 0.25) is 0 Å². The van der Waals surface area contributed by atoms with Gasteiger partial charge in [0.1, 0.15) is 10.8 Å². The van der Waals surface area contributed by atoms with E-state index in [1.807, 2.05) is 55.5 Å². The van der Waals surface area contributed by atoms with Crippen LogP contribution in [0.25, 0.3) is 21.5 Å². The lowest BCUT2D eigenvalue weighted by Crippen LogP contribution is -2.35. The van der Waals surface area contributed by atoms with E-state index in [0.717, 1.165) is 26.9 Å². The fourth-order valence-electron chi connectivity index (χ4n) is 7.75. The Morgan fingerprint density at radius 3 is 1.95 bits per heavy atom. The van der Waals surface area contributed by atoms with Crippen molar-refractivity contribution in [3.8, 4) is 5.75 Å². The number of benzene rings is 4. The molecule has 17 heteroatoms. The van der Waals surface area contributed by atoms with E-state index in [4.69, 9.17) is 27.7 Å². The fourth-order valence-corrected chi connectivity index (χ4v) is 10.6.